The molecular formula is C12H15BrClNO2. The number of carbonyl (C=O) groups excluding carboxylic acids is 1. The summed E-state index contributed by atoms with van der Waals surface area (Å²) in [4.78, 5) is 11.4. The third-order valence-electron chi connectivity index (χ3n) is 2.50. The van der Waals surface area contributed by atoms with Crippen LogP contribution in [0.25, 0.3) is 0 Å². The number of nitrogens with one attached hydrogen (secondary N) is 1. The number of phenols is 1. The van der Waals surface area contributed by atoms with E-state index in [4.69, 9.17) is 11.6 Å². The molecular weight excluding hydrogens is 305 g/mol. The van der Waals surface area contributed by atoms with Gasteiger partial charge in [0.25, 0.3) is 0 Å². The van der Waals surface area contributed by atoms with Crippen LogP contribution < -0.4 is 5.32 Å². The molecule has 0 aliphatic heterocycles. The molecule has 0 saturated carbocycles. The highest BCUT2D eigenvalue weighted by Crippen LogP contribution is 2.36. The summed E-state index contributed by atoms with van der Waals surface area (Å²) >= 11 is 9.17. The predicted octanol–water partition coefficient (Wildman–Crippen LogP) is 3.79. The molecule has 0 aromatic heterocycles. The Kier molecular flexibility index (Phi) is 5.28. The topological polar surface area (TPSA) is 49.3 Å². The zero-order valence-electron chi connectivity index (χ0n) is 9.76. The summed E-state index contributed by atoms with van der Waals surface area (Å²) < 4.78 is 0.532. The van der Waals surface area contributed by atoms with Gasteiger partial charge in [-0.2, -0.15) is 0 Å². The Balaban J connectivity index is 3.07. The van der Waals surface area contributed by atoms with Gasteiger partial charge in [0.05, 0.1) is 10.5 Å². The van der Waals surface area contributed by atoms with Crippen LogP contribution in [0.4, 0.5) is 0 Å². The van der Waals surface area contributed by atoms with Crippen LogP contribution >= 0.6 is 27.5 Å². The number of aromatic hydroxyl groups is 1. The van der Waals surface area contributed by atoms with Gasteiger partial charge < -0.3 is 10.4 Å². The summed E-state index contributed by atoms with van der Waals surface area (Å²) in [6.07, 6.45) is 1.10. The van der Waals surface area contributed by atoms with E-state index in [1.807, 2.05) is 6.92 Å². The van der Waals surface area contributed by atoms with Crippen molar-refractivity contribution in [2.45, 2.75) is 32.7 Å². The van der Waals surface area contributed by atoms with Gasteiger partial charge in [0.1, 0.15) is 5.75 Å². The molecule has 5 heteroatoms. The molecule has 0 saturated heterocycles. The van der Waals surface area contributed by atoms with E-state index in [1.54, 1.807) is 19.1 Å². The first-order chi connectivity index (χ1) is 7.99. The summed E-state index contributed by atoms with van der Waals surface area (Å²) in [6, 6.07) is 3.07. The van der Waals surface area contributed by atoms with Crippen LogP contribution in [0.3, 0.4) is 0 Å². The van der Waals surface area contributed by atoms with Gasteiger partial charge in [-0.25, -0.2) is 0 Å². The van der Waals surface area contributed by atoms with E-state index in [1.165, 1.54) is 0 Å². The minimum Gasteiger partial charge on any atom is -0.506 e. The van der Waals surface area contributed by atoms with Crippen molar-refractivity contribution in [2.75, 3.05) is 0 Å². The Morgan fingerprint density at radius 3 is 2.71 bits per heavy atom. The maximum absolute atomic E-state index is 11.4. The molecule has 0 radical (unpaired) electrons. The highest BCUT2D eigenvalue weighted by Gasteiger charge is 2.18. The number of rotatable bonds is 4. The van der Waals surface area contributed by atoms with Crippen molar-refractivity contribution in [1.82, 2.24) is 5.32 Å². The van der Waals surface area contributed by atoms with Crippen LogP contribution in [-0.2, 0) is 4.79 Å². The Morgan fingerprint density at radius 2 is 2.18 bits per heavy atom. The summed E-state index contributed by atoms with van der Waals surface area (Å²) in [5.41, 5.74) is 0.633. The number of phenolic OH excluding ortho intramolecular Hbond substituents is 1. The van der Waals surface area contributed by atoms with Crippen molar-refractivity contribution in [1.29, 1.82) is 0 Å². The van der Waals surface area contributed by atoms with Crippen LogP contribution in [0.1, 0.15) is 38.3 Å². The SMILES string of the molecule is CCC(=O)N[C@@H](CC)c1cc(Cl)cc(Br)c1O. The maximum Gasteiger partial charge on any atom is 0.220 e. The lowest BCUT2D eigenvalue weighted by molar-refractivity contribution is -0.121. The van der Waals surface area contributed by atoms with Gasteiger partial charge in [0.15, 0.2) is 0 Å². The van der Waals surface area contributed by atoms with Crippen LogP contribution in [0, 0.1) is 0 Å². The second kappa shape index (κ2) is 6.26. The van der Waals surface area contributed by atoms with E-state index in [9.17, 15) is 9.90 Å². The fourth-order valence-electron chi connectivity index (χ4n) is 1.55. The van der Waals surface area contributed by atoms with Crippen molar-refractivity contribution in [2.24, 2.45) is 0 Å². The first-order valence-electron chi connectivity index (χ1n) is 5.46. The lowest BCUT2D eigenvalue weighted by Gasteiger charge is -2.19. The number of carbonyl (C=O) groups is 1. The first kappa shape index (κ1) is 14.3. The summed E-state index contributed by atoms with van der Waals surface area (Å²) in [6.45, 7) is 3.73. The van der Waals surface area contributed by atoms with Crippen molar-refractivity contribution >= 4 is 33.4 Å². The Labute approximate surface area is 114 Å². The predicted molar refractivity (Wildman–Crippen MR) is 72.3 cm³/mol. The zero-order chi connectivity index (χ0) is 13.0. The summed E-state index contributed by atoms with van der Waals surface area (Å²) in [5, 5.41) is 13.3. The number of amides is 1. The van der Waals surface area contributed by atoms with Crippen molar-refractivity contribution in [3.63, 3.8) is 0 Å². The average Bonchev–Trinajstić information content (AvgIpc) is 2.30. The van der Waals surface area contributed by atoms with Crippen LogP contribution in [0.5, 0.6) is 5.75 Å². The second-order valence-electron chi connectivity index (χ2n) is 3.71. The van der Waals surface area contributed by atoms with Crippen molar-refractivity contribution in [3.05, 3.63) is 27.2 Å². The Hall–Kier alpha value is -0.740. The number of hydrogen-bond acceptors (Lipinski definition) is 2. The van der Waals surface area contributed by atoms with Crippen LogP contribution in [0.15, 0.2) is 16.6 Å². The van der Waals surface area contributed by atoms with E-state index in [0.717, 1.165) is 0 Å². The van der Waals surface area contributed by atoms with Gasteiger partial charge in [-0.3, -0.25) is 4.79 Å². The minimum atomic E-state index is -0.225. The van der Waals surface area contributed by atoms with Crippen LogP contribution in [0.2, 0.25) is 5.02 Å². The van der Waals surface area contributed by atoms with Gasteiger partial charge in [0.2, 0.25) is 5.91 Å². The third kappa shape index (κ3) is 3.61. The number of benzene rings is 1. The molecule has 1 aromatic rings. The molecule has 1 amide bonds. The van der Waals surface area contributed by atoms with Gasteiger partial charge >= 0.3 is 0 Å². The van der Waals surface area contributed by atoms with Gasteiger partial charge in [0, 0.05) is 17.0 Å². The number of hydrogen-bond donors (Lipinski definition) is 2. The lowest BCUT2D eigenvalue weighted by atomic mass is 10.0. The molecule has 0 aliphatic carbocycles. The standard InChI is InChI=1S/C12H15BrClNO2/c1-3-10(15-11(16)4-2)8-5-7(14)6-9(13)12(8)17/h5-6,10,17H,3-4H2,1-2H3,(H,15,16)/t10-/m0/s1. The normalized spacial score (nSPS) is 12.2. The van der Waals surface area contributed by atoms with E-state index < -0.39 is 0 Å². The lowest BCUT2D eigenvalue weighted by Crippen LogP contribution is -2.27. The van der Waals surface area contributed by atoms with Gasteiger partial charge in [-0.05, 0) is 34.5 Å². The summed E-state index contributed by atoms with van der Waals surface area (Å²) in [7, 11) is 0. The monoisotopic (exact) mass is 319 g/mol. The fraction of sp³-hybridized carbons (Fsp3) is 0.417. The largest absolute Gasteiger partial charge is 0.506 e. The van der Waals surface area contributed by atoms with Crippen molar-refractivity contribution < 1.29 is 9.90 Å². The smallest absolute Gasteiger partial charge is 0.220 e. The van der Waals surface area contributed by atoms with E-state index >= 15 is 0 Å². The molecule has 0 unspecified atom stereocenters. The van der Waals surface area contributed by atoms with Gasteiger partial charge in [-0.15, -0.1) is 0 Å². The van der Waals surface area contributed by atoms with E-state index in [2.05, 4.69) is 21.2 Å². The fourth-order valence-corrected chi connectivity index (χ4v) is 2.38. The molecule has 0 bridgehead atoms. The quantitative estimate of drug-likeness (QED) is 0.887. The molecule has 94 valence electrons. The highest BCUT2D eigenvalue weighted by atomic mass is 79.9. The molecule has 0 heterocycles. The molecule has 0 fully saturated rings. The molecule has 17 heavy (non-hydrogen) atoms. The molecule has 1 atom stereocenters. The van der Waals surface area contributed by atoms with Gasteiger partial charge in [-0.1, -0.05) is 25.4 Å². The Bertz CT molecular complexity index is 423. The first-order valence-corrected chi connectivity index (χ1v) is 6.63. The maximum atomic E-state index is 11.4. The minimum absolute atomic E-state index is 0.0488. The van der Waals surface area contributed by atoms with E-state index in [0.29, 0.717) is 27.9 Å². The third-order valence-corrected chi connectivity index (χ3v) is 3.32. The molecule has 3 nitrogen and oxygen atoms in total. The highest BCUT2D eigenvalue weighted by molar-refractivity contribution is 9.10. The number of halogens is 2. The molecule has 1 aromatic carbocycles. The molecule has 0 aliphatic rings. The van der Waals surface area contributed by atoms with E-state index in [-0.39, 0.29) is 17.7 Å². The summed E-state index contributed by atoms with van der Waals surface area (Å²) in [5.74, 6) is 0.0741. The second-order valence-corrected chi connectivity index (χ2v) is 5.00. The molecule has 0 spiro atoms. The Morgan fingerprint density at radius 1 is 1.53 bits per heavy atom. The van der Waals surface area contributed by atoms with Crippen molar-refractivity contribution in [3.8, 4) is 5.75 Å². The molecule has 2 N–H and O–H groups in total. The average molecular weight is 321 g/mol. The zero-order valence-corrected chi connectivity index (χ0v) is 12.1. The van der Waals surface area contributed by atoms with Crippen LogP contribution in [-0.4, -0.2) is 11.0 Å². The molecule has 1 rings (SSSR count).